The van der Waals surface area contributed by atoms with E-state index in [0.29, 0.717) is 12.3 Å². The average Bonchev–Trinajstić information content (AvgIpc) is 3.00. The molecule has 0 aromatic heterocycles. The summed E-state index contributed by atoms with van der Waals surface area (Å²) in [6.07, 6.45) is -2.04. The Labute approximate surface area is 109 Å². The molecule has 0 heterocycles. The lowest BCUT2D eigenvalue weighted by Crippen LogP contribution is -2.16. The maximum atomic E-state index is 13.7. The van der Waals surface area contributed by atoms with Gasteiger partial charge in [-0.1, -0.05) is 25.0 Å². The van der Waals surface area contributed by atoms with Crippen LogP contribution < -0.4 is 5.73 Å². The van der Waals surface area contributed by atoms with E-state index in [4.69, 9.17) is 5.73 Å². The molecule has 1 aliphatic carbocycles. The van der Waals surface area contributed by atoms with Gasteiger partial charge in [0, 0.05) is 11.6 Å². The highest BCUT2D eigenvalue weighted by Crippen LogP contribution is 2.39. The van der Waals surface area contributed by atoms with E-state index in [0.717, 1.165) is 18.9 Å². The summed E-state index contributed by atoms with van der Waals surface area (Å²) in [4.78, 5) is 0. The molecule has 1 saturated carbocycles. The van der Waals surface area contributed by atoms with E-state index in [1.54, 1.807) is 0 Å². The fourth-order valence-corrected chi connectivity index (χ4v) is 1.89. The van der Waals surface area contributed by atoms with Crippen molar-refractivity contribution in [1.29, 1.82) is 0 Å². The van der Waals surface area contributed by atoms with Crippen LogP contribution in [-0.4, -0.2) is 0 Å². The van der Waals surface area contributed by atoms with Crippen molar-refractivity contribution in [2.75, 3.05) is 0 Å². The van der Waals surface area contributed by atoms with Gasteiger partial charge in [0.1, 0.15) is 5.82 Å². The molecule has 0 bridgehead atoms. The predicted octanol–water partition coefficient (Wildman–Crippen LogP) is 4.07. The van der Waals surface area contributed by atoms with Crippen LogP contribution in [0.15, 0.2) is 18.2 Å². The largest absolute Gasteiger partial charge is 0.419 e. The molecule has 18 heavy (non-hydrogen) atoms. The first-order valence-corrected chi connectivity index (χ1v) is 5.50. The van der Waals surface area contributed by atoms with Gasteiger partial charge in [0.2, 0.25) is 0 Å². The van der Waals surface area contributed by atoms with E-state index in [-0.39, 0.29) is 18.0 Å². The van der Waals surface area contributed by atoms with E-state index in [1.165, 1.54) is 12.1 Å². The summed E-state index contributed by atoms with van der Waals surface area (Å²) in [6.45, 7) is 0. The highest BCUT2D eigenvalue weighted by atomic mass is 35.5. The fraction of sp³-hybridized carbons (Fsp3) is 0.500. The number of nitrogens with two attached hydrogens (primary N) is 1. The Morgan fingerprint density at radius 3 is 2.39 bits per heavy atom. The van der Waals surface area contributed by atoms with Crippen molar-refractivity contribution in [2.45, 2.75) is 31.5 Å². The van der Waals surface area contributed by atoms with Gasteiger partial charge in [0.25, 0.3) is 0 Å². The van der Waals surface area contributed by atoms with Crippen LogP contribution >= 0.6 is 12.4 Å². The van der Waals surface area contributed by atoms with Gasteiger partial charge in [-0.25, -0.2) is 4.39 Å². The van der Waals surface area contributed by atoms with Crippen molar-refractivity contribution >= 4 is 12.4 Å². The molecule has 0 unspecified atom stereocenters. The van der Waals surface area contributed by atoms with E-state index in [9.17, 15) is 17.6 Å². The Balaban J connectivity index is 0.00000162. The lowest BCUT2D eigenvalue weighted by molar-refractivity contribution is -0.140. The van der Waals surface area contributed by atoms with Gasteiger partial charge in [0.15, 0.2) is 0 Å². The van der Waals surface area contributed by atoms with Gasteiger partial charge in [-0.2, -0.15) is 13.2 Å². The SMILES string of the molecule is Cl.N[C@H](CC1CC1)c1cccc(C(F)(F)F)c1F. The molecule has 1 fully saturated rings. The van der Waals surface area contributed by atoms with Crippen molar-refractivity contribution < 1.29 is 17.6 Å². The van der Waals surface area contributed by atoms with Crippen LogP contribution in [0.25, 0.3) is 0 Å². The lowest BCUT2D eigenvalue weighted by Gasteiger charge is -2.16. The van der Waals surface area contributed by atoms with Crippen LogP contribution in [0.3, 0.4) is 0 Å². The standard InChI is InChI=1S/C12H13F4N.ClH/c13-11-8(10(17)6-7-4-5-7)2-1-3-9(11)12(14,15)16;/h1-3,7,10H,4-6,17H2;1H/t10-;/m1./s1. The number of hydrogen-bond donors (Lipinski definition) is 1. The van der Waals surface area contributed by atoms with Crippen LogP contribution in [0.1, 0.15) is 36.4 Å². The second-order valence-corrected chi connectivity index (χ2v) is 4.49. The van der Waals surface area contributed by atoms with E-state index in [1.807, 2.05) is 0 Å². The predicted molar refractivity (Wildman–Crippen MR) is 62.9 cm³/mol. The zero-order valence-electron chi connectivity index (χ0n) is 9.51. The molecular weight excluding hydrogens is 270 g/mol. The molecule has 0 saturated heterocycles. The van der Waals surface area contributed by atoms with E-state index >= 15 is 0 Å². The third-order valence-corrected chi connectivity index (χ3v) is 3.02. The van der Waals surface area contributed by atoms with Crippen LogP contribution in [0.5, 0.6) is 0 Å². The minimum absolute atomic E-state index is 0. The second kappa shape index (κ2) is 5.45. The number of alkyl halides is 3. The molecule has 0 amide bonds. The summed E-state index contributed by atoms with van der Waals surface area (Å²) >= 11 is 0. The molecular formula is C12H14ClF4N. The Morgan fingerprint density at radius 1 is 1.28 bits per heavy atom. The third-order valence-electron chi connectivity index (χ3n) is 3.02. The lowest BCUT2D eigenvalue weighted by atomic mass is 9.99. The van der Waals surface area contributed by atoms with Crippen molar-refractivity contribution in [3.63, 3.8) is 0 Å². The maximum absolute atomic E-state index is 13.7. The monoisotopic (exact) mass is 283 g/mol. The Hall–Kier alpha value is -0.810. The molecule has 1 aromatic rings. The van der Waals surface area contributed by atoms with Gasteiger partial charge in [-0.05, 0) is 18.4 Å². The minimum atomic E-state index is -4.67. The number of rotatable bonds is 3. The zero-order valence-corrected chi connectivity index (χ0v) is 10.3. The molecule has 1 aromatic carbocycles. The highest BCUT2D eigenvalue weighted by molar-refractivity contribution is 5.85. The molecule has 1 atom stereocenters. The summed E-state index contributed by atoms with van der Waals surface area (Å²) in [5.74, 6) is -0.785. The molecule has 1 aliphatic rings. The first-order valence-electron chi connectivity index (χ1n) is 5.50. The van der Waals surface area contributed by atoms with Crippen LogP contribution in [0, 0.1) is 11.7 Å². The van der Waals surface area contributed by atoms with Gasteiger partial charge in [-0.15, -0.1) is 12.4 Å². The van der Waals surface area contributed by atoms with Crippen LogP contribution in [-0.2, 0) is 6.18 Å². The molecule has 2 N–H and O–H groups in total. The summed E-state index contributed by atoms with van der Waals surface area (Å²) in [6, 6.07) is 2.62. The Morgan fingerprint density at radius 2 is 1.89 bits per heavy atom. The van der Waals surface area contributed by atoms with Crippen molar-refractivity contribution in [2.24, 2.45) is 11.7 Å². The van der Waals surface area contributed by atoms with Crippen molar-refractivity contribution in [1.82, 2.24) is 0 Å². The Bertz CT molecular complexity index is 415. The Kier molecular flexibility index (Phi) is 4.61. The minimum Gasteiger partial charge on any atom is -0.324 e. The topological polar surface area (TPSA) is 26.0 Å². The van der Waals surface area contributed by atoms with Gasteiger partial charge in [-0.3, -0.25) is 0 Å². The number of halogens is 5. The summed E-state index contributed by atoms with van der Waals surface area (Å²) in [5.41, 5.74) is 4.47. The highest BCUT2D eigenvalue weighted by Gasteiger charge is 2.36. The molecule has 0 aliphatic heterocycles. The van der Waals surface area contributed by atoms with E-state index in [2.05, 4.69) is 0 Å². The molecule has 2 rings (SSSR count). The molecule has 1 nitrogen and oxygen atoms in total. The fourth-order valence-electron chi connectivity index (χ4n) is 1.89. The summed E-state index contributed by atoms with van der Waals surface area (Å²) in [5, 5.41) is 0. The van der Waals surface area contributed by atoms with Crippen molar-refractivity contribution in [3.05, 3.63) is 35.1 Å². The smallest absolute Gasteiger partial charge is 0.324 e. The third kappa shape index (κ3) is 3.36. The maximum Gasteiger partial charge on any atom is 0.419 e. The molecule has 6 heteroatoms. The number of benzene rings is 1. The first kappa shape index (κ1) is 15.2. The second-order valence-electron chi connectivity index (χ2n) is 4.49. The molecule has 0 radical (unpaired) electrons. The quantitative estimate of drug-likeness (QED) is 0.832. The van der Waals surface area contributed by atoms with Crippen LogP contribution in [0.4, 0.5) is 17.6 Å². The summed E-state index contributed by atoms with van der Waals surface area (Å²) < 4.78 is 51.1. The molecule has 102 valence electrons. The molecule has 0 spiro atoms. The zero-order chi connectivity index (χ0) is 12.6. The van der Waals surface area contributed by atoms with Gasteiger partial charge >= 0.3 is 6.18 Å². The first-order chi connectivity index (χ1) is 7.89. The normalized spacial score (nSPS) is 17.2. The van der Waals surface area contributed by atoms with Crippen LogP contribution in [0.2, 0.25) is 0 Å². The van der Waals surface area contributed by atoms with Gasteiger partial charge < -0.3 is 5.73 Å². The van der Waals surface area contributed by atoms with Gasteiger partial charge in [0.05, 0.1) is 5.56 Å². The summed E-state index contributed by atoms with van der Waals surface area (Å²) in [7, 11) is 0. The van der Waals surface area contributed by atoms with Crippen molar-refractivity contribution in [3.8, 4) is 0 Å². The average molecular weight is 284 g/mol. The van der Waals surface area contributed by atoms with E-state index < -0.39 is 23.6 Å². The number of hydrogen-bond acceptors (Lipinski definition) is 1.